The molecule has 0 unspecified atom stereocenters. The third-order valence-corrected chi connectivity index (χ3v) is 4.52. The van der Waals surface area contributed by atoms with Crippen LogP contribution in [0.2, 0.25) is 0 Å². The van der Waals surface area contributed by atoms with Gasteiger partial charge in [0.15, 0.2) is 0 Å². The van der Waals surface area contributed by atoms with Crippen molar-refractivity contribution in [2.24, 2.45) is 0 Å². The van der Waals surface area contributed by atoms with Crippen molar-refractivity contribution in [2.75, 3.05) is 6.54 Å². The Balaban J connectivity index is 1.41. The predicted octanol–water partition coefficient (Wildman–Crippen LogP) is 2.52. The smallest absolute Gasteiger partial charge is 0.220 e. The number of nitrogens with one attached hydrogen (secondary N) is 1. The van der Waals surface area contributed by atoms with Gasteiger partial charge in [0.2, 0.25) is 5.91 Å². The Morgan fingerprint density at radius 1 is 1.35 bits per heavy atom. The number of nitrogens with zero attached hydrogens (tertiary/aromatic N) is 3. The minimum absolute atomic E-state index is 0.151. The molecule has 5 nitrogen and oxygen atoms in total. The Morgan fingerprint density at radius 3 is 2.96 bits per heavy atom. The molecule has 1 heterocycles. The van der Waals surface area contributed by atoms with Crippen LogP contribution < -0.4 is 5.32 Å². The molecule has 0 saturated carbocycles. The van der Waals surface area contributed by atoms with Crippen molar-refractivity contribution in [3.63, 3.8) is 0 Å². The fourth-order valence-corrected chi connectivity index (χ4v) is 3.38. The lowest BCUT2D eigenvalue weighted by molar-refractivity contribution is -0.121. The molecule has 1 atom stereocenters. The van der Waals surface area contributed by atoms with Gasteiger partial charge in [-0.15, -0.1) is 0 Å². The summed E-state index contributed by atoms with van der Waals surface area (Å²) in [5, 5.41) is 7.36. The van der Waals surface area contributed by atoms with Crippen LogP contribution in [0.5, 0.6) is 0 Å². The molecule has 1 aliphatic carbocycles. The summed E-state index contributed by atoms with van der Waals surface area (Å²) in [4.78, 5) is 16.4. The molecule has 0 aliphatic heterocycles. The van der Waals surface area contributed by atoms with Crippen LogP contribution >= 0.6 is 0 Å². The zero-order chi connectivity index (χ0) is 16.2. The Morgan fingerprint density at radius 2 is 2.17 bits per heavy atom. The van der Waals surface area contributed by atoms with Crippen molar-refractivity contribution in [2.45, 2.75) is 52.0 Å². The van der Waals surface area contributed by atoms with Crippen LogP contribution in [-0.4, -0.2) is 27.2 Å². The van der Waals surface area contributed by atoms with Crippen LogP contribution in [0, 0.1) is 13.8 Å². The maximum absolute atomic E-state index is 12.1. The standard InChI is InChI=1S/C18H24N4O/c1-13-20-14(2)22(21-13)11-5-10-19-18(23)12-16-9-8-15-6-3-4-7-17(15)16/h3-4,6-7,16H,5,8-12H2,1-2H3,(H,19,23)/t16-/m0/s1. The maximum Gasteiger partial charge on any atom is 0.220 e. The largest absolute Gasteiger partial charge is 0.356 e. The van der Waals surface area contributed by atoms with Crippen LogP contribution in [0.1, 0.15) is 48.0 Å². The van der Waals surface area contributed by atoms with E-state index >= 15 is 0 Å². The molecule has 122 valence electrons. The van der Waals surface area contributed by atoms with Gasteiger partial charge in [-0.1, -0.05) is 24.3 Å². The minimum Gasteiger partial charge on any atom is -0.356 e. The van der Waals surface area contributed by atoms with E-state index in [-0.39, 0.29) is 5.91 Å². The highest BCUT2D eigenvalue weighted by Crippen LogP contribution is 2.34. The van der Waals surface area contributed by atoms with E-state index in [4.69, 9.17) is 0 Å². The number of fused-ring (bicyclic) bond motifs is 1. The molecule has 0 fully saturated rings. The van der Waals surface area contributed by atoms with E-state index in [1.807, 2.05) is 18.5 Å². The molecule has 0 bridgehead atoms. The normalized spacial score (nSPS) is 16.3. The van der Waals surface area contributed by atoms with Gasteiger partial charge in [0.1, 0.15) is 11.6 Å². The van der Waals surface area contributed by atoms with Gasteiger partial charge in [-0.05, 0) is 50.2 Å². The number of hydrogen-bond acceptors (Lipinski definition) is 3. The molecule has 2 aromatic rings. The van der Waals surface area contributed by atoms with Crippen molar-refractivity contribution >= 4 is 5.91 Å². The first kappa shape index (κ1) is 15.7. The van der Waals surface area contributed by atoms with Crippen molar-refractivity contribution in [3.8, 4) is 0 Å². The lowest BCUT2D eigenvalue weighted by Gasteiger charge is -2.12. The highest BCUT2D eigenvalue weighted by Gasteiger charge is 2.23. The summed E-state index contributed by atoms with van der Waals surface area (Å²) in [5.41, 5.74) is 2.76. The van der Waals surface area contributed by atoms with E-state index in [0.29, 0.717) is 18.9 Å². The molecule has 3 rings (SSSR count). The number of hydrogen-bond donors (Lipinski definition) is 1. The highest BCUT2D eigenvalue weighted by atomic mass is 16.1. The average Bonchev–Trinajstić information content (AvgIpc) is 3.07. The monoisotopic (exact) mass is 312 g/mol. The quantitative estimate of drug-likeness (QED) is 0.834. The van der Waals surface area contributed by atoms with E-state index in [9.17, 15) is 4.79 Å². The van der Waals surface area contributed by atoms with E-state index in [0.717, 1.165) is 37.5 Å². The average molecular weight is 312 g/mol. The van der Waals surface area contributed by atoms with Gasteiger partial charge in [0.05, 0.1) is 0 Å². The van der Waals surface area contributed by atoms with E-state index in [1.165, 1.54) is 11.1 Å². The molecule has 1 aromatic heterocycles. The summed E-state index contributed by atoms with van der Waals surface area (Å²) in [6, 6.07) is 8.48. The van der Waals surface area contributed by atoms with Crippen molar-refractivity contribution in [1.29, 1.82) is 0 Å². The molecular weight excluding hydrogens is 288 g/mol. The second kappa shape index (κ2) is 6.94. The lowest BCUT2D eigenvalue weighted by Crippen LogP contribution is -2.26. The predicted molar refractivity (Wildman–Crippen MR) is 89.2 cm³/mol. The summed E-state index contributed by atoms with van der Waals surface area (Å²) in [5.74, 6) is 2.26. The molecule has 1 aromatic carbocycles. The van der Waals surface area contributed by atoms with Gasteiger partial charge >= 0.3 is 0 Å². The number of rotatable bonds is 6. The SMILES string of the molecule is Cc1nc(C)n(CCCNC(=O)C[C@@H]2CCc3ccccc32)n1. The molecule has 5 heteroatoms. The van der Waals surface area contributed by atoms with Crippen LogP contribution in [0.4, 0.5) is 0 Å². The molecular formula is C18H24N4O. The Kier molecular flexibility index (Phi) is 4.74. The summed E-state index contributed by atoms with van der Waals surface area (Å²) in [6.07, 6.45) is 3.65. The van der Waals surface area contributed by atoms with E-state index in [2.05, 4.69) is 39.7 Å². The van der Waals surface area contributed by atoms with Gasteiger partial charge in [-0.3, -0.25) is 9.48 Å². The topological polar surface area (TPSA) is 59.8 Å². The number of aromatic nitrogens is 3. The molecule has 1 N–H and O–H groups in total. The number of carbonyl (C=O) groups is 1. The summed E-state index contributed by atoms with van der Waals surface area (Å²) in [7, 11) is 0. The van der Waals surface area contributed by atoms with Gasteiger partial charge < -0.3 is 5.32 Å². The third-order valence-electron chi connectivity index (χ3n) is 4.52. The molecule has 1 aliphatic rings. The Hall–Kier alpha value is -2.17. The van der Waals surface area contributed by atoms with Crippen LogP contribution in [-0.2, 0) is 17.8 Å². The lowest BCUT2D eigenvalue weighted by atomic mass is 9.97. The first-order valence-corrected chi connectivity index (χ1v) is 8.36. The highest BCUT2D eigenvalue weighted by molar-refractivity contribution is 5.77. The maximum atomic E-state index is 12.1. The second-order valence-electron chi connectivity index (χ2n) is 6.27. The Bertz CT molecular complexity index is 692. The minimum atomic E-state index is 0.151. The summed E-state index contributed by atoms with van der Waals surface area (Å²) in [6.45, 7) is 5.32. The molecule has 23 heavy (non-hydrogen) atoms. The van der Waals surface area contributed by atoms with Gasteiger partial charge in [-0.25, -0.2) is 4.98 Å². The zero-order valence-corrected chi connectivity index (χ0v) is 13.9. The molecule has 0 spiro atoms. The second-order valence-corrected chi connectivity index (χ2v) is 6.27. The van der Waals surface area contributed by atoms with Gasteiger partial charge in [0, 0.05) is 19.5 Å². The molecule has 1 amide bonds. The van der Waals surface area contributed by atoms with Gasteiger partial charge in [-0.2, -0.15) is 5.10 Å². The van der Waals surface area contributed by atoms with E-state index in [1.54, 1.807) is 0 Å². The third kappa shape index (κ3) is 3.78. The first-order valence-electron chi connectivity index (χ1n) is 8.36. The first-order chi connectivity index (χ1) is 11.1. The molecule has 0 radical (unpaired) electrons. The number of carbonyl (C=O) groups excluding carboxylic acids is 1. The summed E-state index contributed by atoms with van der Waals surface area (Å²) < 4.78 is 1.90. The fraction of sp³-hybridized carbons (Fsp3) is 0.500. The number of benzene rings is 1. The zero-order valence-electron chi connectivity index (χ0n) is 13.9. The number of aryl methyl sites for hydroxylation is 4. The fourth-order valence-electron chi connectivity index (χ4n) is 3.38. The number of amides is 1. The van der Waals surface area contributed by atoms with Gasteiger partial charge in [0.25, 0.3) is 0 Å². The Labute approximate surface area is 137 Å². The van der Waals surface area contributed by atoms with Crippen molar-refractivity contribution in [3.05, 3.63) is 47.0 Å². The van der Waals surface area contributed by atoms with Crippen LogP contribution in [0.3, 0.4) is 0 Å². The van der Waals surface area contributed by atoms with Crippen LogP contribution in [0.15, 0.2) is 24.3 Å². The summed E-state index contributed by atoms with van der Waals surface area (Å²) >= 11 is 0. The van der Waals surface area contributed by atoms with Crippen molar-refractivity contribution < 1.29 is 4.79 Å². The van der Waals surface area contributed by atoms with Crippen molar-refractivity contribution in [1.82, 2.24) is 20.1 Å². The van der Waals surface area contributed by atoms with E-state index < -0.39 is 0 Å². The molecule has 0 saturated heterocycles. The van der Waals surface area contributed by atoms with Crippen LogP contribution in [0.25, 0.3) is 0 Å².